The third-order valence-corrected chi connectivity index (χ3v) is 3.98. The molecule has 2 N–H and O–H groups in total. The summed E-state index contributed by atoms with van der Waals surface area (Å²) >= 11 is 0. The first-order valence-electron chi connectivity index (χ1n) is 6.60. The molecular formula is C12H21F2N3O. The number of piperazine rings is 1. The molecule has 0 bridgehead atoms. The second-order valence-corrected chi connectivity index (χ2v) is 5.35. The van der Waals surface area contributed by atoms with Gasteiger partial charge in [0.15, 0.2) is 0 Å². The van der Waals surface area contributed by atoms with Crippen LogP contribution in [0.3, 0.4) is 0 Å². The van der Waals surface area contributed by atoms with Crippen LogP contribution in [0.15, 0.2) is 0 Å². The number of carbonyl (C=O) groups excluding carboxylic acids is 1. The summed E-state index contributed by atoms with van der Waals surface area (Å²) in [5.41, 5.74) is 5.43. The van der Waals surface area contributed by atoms with Crippen molar-refractivity contribution in [3.05, 3.63) is 0 Å². The van der Waals surface area contributed by atoms with Crippen LogP contribution in [0.4, 0.5) is 8.78 Å². The molecule has 1 heterocycles. The van der Waals surface area contributed by atoms with Crippen molar-refractivity contribution in [3.63, 3.8) is 0 Å². The van der Waals surface area contributed by atoms with E-state index in [1.54, 1.807) is 9.80 Å². The van der Waals surface area contributed by atoms with Crippen LogP contribution in [0, 0.1) is 0 Å². The fourth-order valence-corrected chi connectivity index (χ4v) is 2.86. The Labute approximate surface area is 106 Å². The maximum atomic E-state index is 12.3. The minimum atomic E-state index is -2.30. The van der Waals surface area contributed by atoms with Gasteiger partial charge in [-0.25, -0.2) is 8.78 Å². The van der Waals surface area contributed by atoms with E-state index in [0.717, 1.165) is 25.7 Å². The standard InChI is InChI=1S/C12H21F2N3O/c13-10(14)9-16-5-7-17(8-6-16)11(18)12(15)3-1-2-4-12/h10H,1-9,15H2. The van der Waals surface area contributed by atoms with Crippen molar-refractivity contribution in [1.82, 2.24) is 9.80 Å². The SMILES string of the molecule is NC1(C(=O)N2CCN(CC(F)F)CC2)CCCC1. The Hall–Kier alpha value is -0.750. The molecule has 0 aromatic carbocycles. The van der Waals surface area contributed by atoms with Crippen molar-refractivity contribution >= 4 is 5.91 Å². The molecule has 18 heavy (non-hydrogen) atoms. The Morgan fingerprint density at radius 2 is 1.72 bits per heavy atom. The van der Waals surface area contributed by atoms with Crippen LogP contribution in [0.5, 0.6) is 0 Å². The molecule has 0 spiro atoms. The Morgan fingerprint density at radius 1 is 1.17 bits per heavy atom. The molecule has 1 aliphatic carbocycles. The molecule has 0 atom stereocenters. The van der Waals surface area contributed by atoms with Gasteiger partial charge in [-0.15, -0.1) is 0 Å². The first-order chi connectivity index (χ1) is 8.51. The topological polar surface area (TPSA) is 49.6 Å². The van der Waals surface area contributed by atoms with Gasteiger partial charge in [-0.05, 0) is 12.8 Å². The van der Waals surface area contributed by atoms with Gasteiger partial charge in [0.2, 0.25) is 5.91 Å². The van der Waals surface area contributed by atoms with Crippen LogP contribution in [-0.4, -0.2) is 60.4 Å². The monoisotopic (exact) mass is 261 g/mol. The summed E-state index contributed by atoms with van der Waals surface area (Å²) < 4.78 is 24.5. The fraction of sp³-hybridized carbons (Fsp3) is 0.917. The maximum Gasteiger partial charge on any atom is 0.251 e. The van der Waals surface area contributed by atoms with Crippen molar-refractivity contribution in [1.29, 1.82) is 0 Å². The molecule has 0 radical (unpaired) electrons. The van der Waals surface area contributed by atoms with Gasteiger partial charge in [0.05, 0.1) is 12.1 Å². The van der Waals surface area contributed by atoms with Crippen LogP contribution in [0.2, 0.25) is 0 Å². The molecule has 1 amide bonds. The molecule has 104 valence electrons. The molecule has 1 saturated heterocycles. The quantitative estimate of drug-likeness (QED) is 0.812. The Balaban J connectivity index is 1.84. The number of rotatable bonds is 3. The van der Waals surface area contributed by atoms with Gasteiger partial charge in [-0.3, -0.25) is 9.69 Å². The summed E-state index contributed by atoms with van der Waals surface area (Å²) in [7, 11) is 0. The molecule has 0 aromatic rings. The van der Waals surface area contributed by atoms with E-state index in [-0.39, 0.29) is 12.5 Å². The second kappa shape index (κ2) is 5.48. The normalized spacial score (nSPS) is 24.8. The largest absolute Gasteiger partial charge is 0.339 e. The predicted octanol–water partition coefficient (Wildman–Crippen LogP) is 0.667. The van der Waals surface area contributed by atoms with E-state index in [0.29, 0.717) is 26.2 Å². The molecule has 4 nitrogen and oxygen atoms in total. The van der Waals surface area contributed by atoms with Crippen LogP contribution in [-0.2, 0) is 4.79 Å². The van der Waals surface area contributed by atoms with Gasteiger partial charge >= 0.3 is 0 Å². The number of carbonyl (C=O) groups is 1. The number of nitrogens with zero attached hydrogens (tertiary/aromatic N) is 2. The van der Waals surface area contributed by atoms with Gasteiger partial charge in [0, 0.05) is 26.2 Å². The minimum Gasteiger partial charge on any atom is -0.339 e. The zero-order chi connectivity index (χ0) is 13.2. The Morgan fingerprint density at radius 3 is 2.22 bits per heavy atom. The summed E-state index contributed by atoms with van der Waals surface area (Å²) in [6, 6.07) is 0. The number of alkyl halides is 2. The summed E-state index contributed by atoms with van der Waals surface area (Å²) in [6.45, 7) is 1.88. The number of nitrogens with two attached hydrogens (primary N) is 1. The Kier molecular flexibility index (Phi) is 4.17. The number of amides is 1. The van der Waals surface area contributed by atoms with E-state index in [2.05, 4.69) is 0 Å². The van der Waals surface area contributed by atoms with Gasteiger partial charge in [-0.1, -0.05) is 12.8 Å². The first kappa shape index (κ1) is 13.7. The van der Waals surface area contributed by atoms with Gasteiger partial charge in [0.1, 0.15) is 0 Å². The average Bonchev–Trinajstić information content (AvgIpc) is 2.77. The van der Waals surface area contributed by atoms with E-state index >= 15 is 0 Å². The highest BCUT2D eigenvalue weighted by atomic mass is 19.3. The van der Waals surface area contributed by atoms with Gasteiger partial charge in [-0.2, -0.15) is 0 Å². The highest BCUT2D eigenvalue weighted by molar-refractivity contribution is 5.86. The van der Waals surface area contributed by atoms with E-state index in [1.165, 1.54) is 0 Å². The van der Waals surface area contributed by atoms with Crippen molar-refractivity contribution in [3.8, 4) is 0 Å². The third kappa shape index (κ3) is 2.98. The second-order valence-electron chi connectivity index (χ2n) is 5.35. The zero-order valence-corrected chi connectivity index (χ0v) is 10.6. The number of halogens is 2. The van der Waals surface area contributed by atoms with Crippen molar-refractivity contribution in [2.45, 2.75) is 37.6 Å². The highest BCUT2D eigenvalue weighted by Crippen LogP contribution is 2.29. The summed E-state index contributed by atoms with van der Waals surface area (Å²) in [6.07, 6.45) is 1.22. The van der Waals surface area contributed by atoms with Crippen molar-refractivity contribution < 1.29 is 13.6 Å². The van der Waals surface area contributed by atoms with Gasteiger partial charge < -0.3 is 10.6 Å². The minimum absolute atomic E-state index is 0.0108. The van der Waals surface area contributed by atoms with Crippen LogP contribution in [0.25, 0.3) is 0 Å². The first-order valence-corrected chi connectivity index (χ1v) is 6.60. The number of hydrogen-bond donors (Lipinski definition) is 1. The number of hydrogen-bond acceptors (Lipinski definition) is 3. The van der Waals surface area contributed by atoms with E-state index in [4.69, 9.17) is 5.73 Å². The lowest BCUT2D eigenvalue weighted by molar-refractivity contribution is -0.138. The average molecular weight is 261 g/mol. The zero-order valence-electron chi connectivity index (χ0n) is 10.6. The van der Waals surface area contributed by atoms with E-state index in [9.17, 15) is 13.6 Å². The van der Waals surface area contributed by atoms with Crippen molar-refractivity contribution in [2.24, 2.45) is 5.73 Å². The molecule has 2 fully saturated rings. The van der Waals surface area contributed by atoms with Crippen LogP contribution >= 0.6 is 0 Å². The summed E-state index contributed by atoms with van der Waals surface area (Å²) in [5.74, 6) is 0.0108. The smallest absolute Gasteiger partial charge is 0.251 e. The van der Waals surface area contributed by atoms with Gasteiger partial charge in [0.25, 0.3) is 6.43 Å². The summed E-state index contributed by atoms with van der Waals surface area (Å²) in [5, 5.41) is 0. The van der Waals surface area contributed by atoms with Crippen LogP contribution < -0.4 is 5.73 Å². The predicted molar refractivity (Wildman–Crippen MR) is 64.4 cm³/mol. The molecule has 2 aliphatic rings. The lowest BCUT2D eigenvalue weighted by Crippen LogP contribution is -2.58. The summed E-state index contributed by atoms with van der Waals surface area (Å²) in [4.78, 5) is 15.7. The lowest BCUT2D eigenvalue weighted by Gasteiger charge is -2.38. The van der Waals surface area contributed by atoms with Crippen molar-refractivity contribution in [2.75, 3.05) is 32.7 Å². The molecule has 0 aromatic heterocycles. The third-order valence-electron chi connectivity index (χ3n) is 3.98. The molecular weight excluding hydrogens is 240 g/mol. The molecule has 1 aliphatic heterocycles. The van der Waals surface area contributed by atoms with E-state index < -0.39 is 12.0 Å². The molecule has 0 unspecified atom stereocenters. The molecule has 1 saturated carbocycles. The molecule has 2 rings (SSSR count). The highest BCUT2D eigenvalue weighted by Gasteiger charge is 2.40. The lowest BCUT2D eigenvalue weighted by atomic mass is 9.97. The fourth-order valence-electron chi connectivity index (χ4n) is 2.86. The van der Waals surface area contributed by atoms with Crippen LogP contribution in [0.1, 0.15) is 25.7 Å². The molecule has 6 heteroatoms. The Bertz CT molecular complexity index is 298. The maximum absolute atomic E-state index is 12.3. The van der Waals surface area contributed by atoms with E-state index in [1.807, 2.05) is 0 Å².